The first kappa shape index (κ1) is 18.1. The Hall–Kier alpha value is -3.26. The van der Waals surface area contributed by atoms with Gasteiger partial charge in [-0.3, -0.25) is 14.7 Å². The molecule has 0 unspecified atom stereocenters. The van der Waals surface area contributed by atoms with Crippen molar-refractivity contribution < 1.29 is 14.3 Å². The zero-order valence-electron chi connectivity index (χ0n) is 15.8. The molecule has 2 aromatic heterocycles. The SMILES string of the molecule is Cc1c(NC(=O)c2cnc3n[nH]c(C)c3c2)cccc1C(=O)N1CCOCC1. The van der Waals surface area contributed by atoms with Crippen LogP contribution in [0.1, 0.15) is 32.0 Å². The predicted molar refractivity (Wildman–Crippen MR) is 104 cm³/mol. The van der Waals surface area contributed by atoms with Gasteiger partial charge in [-0.2, -0.15) is 5.10 Å². The highest BCUT2D eigenvalue weighted by atomic mass is 16.5. The van der Waals surface area contributed by atoms with Gasteiger partial charge in [0.25, 0.3) is 11.8 Å². The zero-order valence-corrected chi connectivity index (χ0v) is 15.8. The third-order valence-corrected chi connectivity index (χ3v) is 4.97. The molecule has 0 atom stereocenters. The van der Waals surface area contributed by atoms with Crippen LogP contribution in [-0.2, 0) is 4.74 Å². The second-order valence-electron chi connectivity index (χ2n) is 6.78. The number of hydrogen-bond acceptors (Lipinski definition) is 5. The third kappa shape index (κ3) is 3.34. The summed E-state index contributed by atoms with van der Waals surface area (Å²) in [6.45, 7) is 5.96. The second kappa shape index (κ2) is 7.40. The van der Waals surface area contributed by atoms with Crippen molar-refractivity contribution in [2.45, 2.75) is 13.8 Å². The Morgan fingerprint density at radius 3 is 2.79 bits per heavy atom. The molecule has 0 radical (unpaired) electrons. The second-order valence-corrected chi connectivity index (χ2v) is 6.78. The van der Waals surface area contributed by atoms with Crippen LogP contribution >= 0.6 is 0 Å². The smallest absolute Gasteiger partial charge is 0.257 e. The van der Waals surface area contributed by atoms with Gasteiger partial charge in [-0.25, -0.2) is 4.98 Å². The molecule has 8 nitrogen and oxygen atoms in total. The van der Waals surface area contributed by atoms with Gasteiger partial charge < -0.3 is 15.0 Å². The zero-order chi connectivity index (χ0) is 19.7. The van der Waals surface area contributed by atoms with E-state index >= 15 is 0 Å². The van der Waals surface area contributed by atoms with Crippen LogP contribution in [0.25, 0.3) is 11.0 Å². The number of rotatable bonds is 3. The Labute approximate surface area is 161 Å². The fraction of sp³-hybridized carbons (Fsp3) is 0.300. The standard InChI is InChI=1S/C20H21N5O3/c1-12-15(20(27)25-6-8-28-9-7-25)4-3-5-17(12)22-19(26)14-10-16-13(2)23-24-18(16)21-11-14/h3-5,10-11H,6-9H2,1-2H3,(H,22,26)(H,21,23,24). The van der Waals surface area contributed by atoms with Gasteiger partial charge in [0.05, 0.1) is 18.8 Å². The topological polar surface area (TPSA) is 100 Å². The average molecular weight is 379 g/mol. The van der Waals surface area contributed by atoms with Crippen molar-refractivity contribution in [1.29, 1.82) is 0 Å². The normalized spacial score (nSPS) is 14.3. The lowest BCUT2D eigenvalue weighted by Crippen LogP contribution is -2.41. The van der Waals surface area contributed by atoms with Gasteiger partial charge in [0.15, 0.2) is 5.65 Å². The van der Waals surface area contributed by atoms with E-state index in [2.05, 4.69) is 20.5 Å². The minimum atomic E-state index is -0.283. The molecule has 1 aliphatic heterocycles. The number of carbonyl (C=O) groups excluding carboxylic acids is 2. The largest absolute Gasteiger partial charge is 0.378 e. The van der Waals surface area contributed by atoms with E-state index in [0.29, 0.717) is 48.8 Å². The number of carbonyl (C=O) groups is 2. The number of benzene rings is 1. The van der Waals surface area contributed by atoms with Gasteiger partial charge >= 0.3 is 0 Å². The molecule has 2 amide bonds. The molecule has 3 heterocycles. The van der Waals surface area contributed by atoms with E-state index in [1.54, 1.807) is 29.2 Å². The van der Waals surface area contributed by atoms with Crippen LogP contribution < -0.4 is 5.32 Å². The molecule has 0 spiro atoms. The molecule has 0 aliphatic carbocycles. The summed E-state index contributed by atoms with van der Waals surface area (Å²) in [6.07, 6.45) is 1.50. The summed E-state index contributed by atoms with van der Waals surface area (Å²) in [4.78, 5) is 31.5. The summed E-state index contributed by atoms with van der Waals surface area (Å²) in [7, 11) is 0. The molecule has 0 bridgehead atoms. The highest BCUT2D eigenvalue weighted by molar-refractivity contribution is 6.07. The number of fused-ring (bicyclic) bond motifs is 1. The predicted octanol–water partition coefficient (Wildman–Crippen LogP) is 2.30. The molecule has 1 fully saturated rings. The number of morpholine rings is 1. The van der Waals surface area contributed by atoms with Crippen LogP contribution in [0.3, 0.4) is 0 Å². The number of aryl methyl sites for hydroxylation is 1. The Morgan fingerprint density at radius 1 is 1.21 bits per heavy atom. The lowest BCUT2D eigenvalue weighted by Gasteiger charge is -2.27. The summed E-state index contributed by atoms with van der Waals surface area (Å²) in [5, 5.41) is 10.6. The first-order valence-electron chi connectivity index (χ1n) is 9.13. The van der Waals surface area contributed by atoms with Crippen molar-refractivity contribution in [3.8, 4) is 0 Å². The lowest BCUT2D eigenvalue weighted by atomic mass is 10.0. The molecule has 144 valence electrons. The number of hydrogen-bond donors (Lipinski definition) is 2. The summed E-state index contributed by atoms with van der Waals surface area (Å²) in [5.41, 5.74) is 3.78. The molecule has 4 rings (SSSR count). The minimum absolute atomic E-state index is 0.0472. The Balaban J connectivity index is 1.57. The highest BCUT2D eigenvalue weighted by Gasteiger charge is 2.21. The molecule has 8 heteroatoms. The van der Waals surface area contributed by atoms with Crippen molar-refractivity contribution in [2.24, 2.45) is 0 Å². The average Bonchev–Trinajstić information content (AvgIpc) is 3.10. The minimum Gasteiger partial charge on any atom is -0.378 e. The molecule has 2 N–H and O–H groups in total. The molecule has 1 saturated heterocycles. The van der Waals surface area contributed by atoms with E-state index in [-0.39, 0.29) is 11.8 Å². The quantitative estimate of drug-likeness (QED) is 0.727. The van der Waals surface area contributed by atoms with Crippen LogP contribution in [0.5, 0.6) is 0 Å². The maximum atomic E-state index is 12.8. The Bertz CT molecular complexity index is 1050. The van der Waals surface area contributed by atoms with Crippen LogP contribution in [0.4, 0.5) is 5.69 Å². The molecular weight excluding hydrogens is 358 g/mol. The third-order valence-electron chi connectivity index (χ3n) is 4.97. The van der Waals surface area contributed by atoms with E-state index in [1.165, 1.54) is 6.20 Å². The number of nitrogens with zero attached hydrogens (tertiary/aromatic N) is 3. The molecule has 1 aromatic carbocycles. The Morgan fingerprint density at radius 2 is 2.00 bits per heavy atom. The van der Waals surface area contributed by atoms with E-state index < -0.39 is 0 Å². The van der Waals surface area contributed by atoms with Gasteiger partial charge in [-0.05, 0) is 37.6 Å². The van der Waals surface area contributed by atoms with Gasteiger partial charge in [-0.1, -0.05) is 6.07 Å². The summed E-state index contributed by atoms with van der Waals surface area (Å²) < 4.78 is 5.31. The van der Waals surface area contributed by atoms with Gasteiger partial charge in [-0.15, -0.1) is 0 Å². The number of amides is 2. The van der Waals surface area contributed by atoms with Crippen LogP contribution in [0.15, 0.2) is 30.5 Å². The lowest BCUT2D eigenvalue weighted by molar-refractivity contribution is 0.0302. The maximum Gasteiger partial charge on any atom is 0.257 e. The van der Waals surface area contributed by atoms with Crippen molar-refractivity contribution >= 4 is 28.5 Å². The number of ether oxygens (including phenoxy) is 1. The molecule has 0 saturated carbocycles. The summed E-state index contributed by atoms with van der Waals surface area (Å²) >= 11 is 0. The first-order chi connectivity index (χ1) is 13.5. The number of aromatic nitrogens is 3. The van der Waals surface area contributed by atoms with Crippen molar-refractivity contribution in [3.05, 3.63) is 52.8 Å². The number of nitrogens with one attached hydrogen (secondary N) is 2. The van der Waals surface area contributed by atoms with E-state index in [4.69, 9.17) is 4.74 Å². The van der Waals surface area contributed by atoms with Gasteiger partial charge in [0, 0.05) is 41.6 Å². The summed E-state index contributed by atoms with van der Waals surface area (Å²) in [5.74, 6) is -0.330. The molecular formula is C20H21N5O3. The number of aromatic amines is 1. The van der Waals surface area contributed by atoms with E-state index in [0.717, 1.165) is 16.6 Å². The Kier molecular flexibility index (Phi) is 4.79. The number of anilines is 1. The fourth-order valence-electron chi connectivity index (χ4n) is 3.28. The number of H-pyrrole nitrogens is 1. The van der Waals surface area contributed by atoms with Crippen molar-refractivity contribution in [2.75, 3.05) is 31.6 Å². The summed E-state index contributed by atoms with van der Waals surface area (Å²) in [6, 6.07) is 7.11. The fourth-order valence-corrected chi connectivity index (χ4v) is 3.28. The van der Waals surface area contributed by atoms with Gasteiger partial charge in [0.1, 0.15) is 0 Å². The van der Waals surface area contributed by atoms with Crippen LogP contribution in [0, 0.1) is 13.8 Å². The van der Waals surface area contributed by atoms with E-state index in [9.17, 15) is 9.59 Å². The highest BCUT2D eigenvalue weighted by Crippen LogP contribution is 2.22. The van der Waals surface area contributed by atoms with Crippen molar-refractivity contribution in [1.82, 2.24) is 20.1 Å². The molecule has 3 aromatic rings. The van der Waals surface area contributed by atoms with E-state index in [1.807, 2.05) is 13.8 Å². The monoisotopic (exact) mass is 379 g/mol. The first-order valence-corrected chi connectivity index (χ1v) is 9.13. The number of pyridine rings is 1. The van der Waals surface area contributed by atoms with Gasteiger partial charge in [0.2, 0.25) is 0 Å². The maximum absolute atomic E-state index is 12.8. The molecule has 1 aliphatic rings. The van der Waals surface area contributed by atoms with Crippen molar-refractivity contribution in [3.63, 3.8) is 0 Å². The van der Waals surface area contributed by atoms with Crippen LogP contribution in [0.2, 0.25) is 0 Å². The van der Waals surface area contributed by atoms with Crippen LogP contribution in [-0.4, -0.2) is 58.2 Å². The molecule has 28 heavy (non-hydrogen) atoms.